The topological polar surface area (TPSA) is 222 Å². The Morgan fingerprint density at radius 3 is 1.83 bits per heavy atom. The molecule has 1 heterocycles. The van der Waals surface area contributed by atoms with E-state index in [2.05, 4.69) is 5.32 Å². The van der Waals surface area contributed by atoms with Crippen LogP contribution in [0.25, 0.3) is 0 Å². The Morgan fingerprint density at radius 2 is 1.30 bits per heavy atom. The molecule has 17 nitrogen and oxygen atoms in total. The van der Waals surface area contributed by atoms with Gasteiger partial charge in [-0.3, -0.25) is 39.4 Å². The Morgan fingerprint density at radius 1 is 0.745 bits per heavy atom. The summed E-state index contributed by atoms with van der Waals surface area (Å²) in [6.07, 6.45) is -7.01. The number of nitrogens with zero attached hydrogens (tertiary/aromatic N) is 2. The Bertz CT molecular complexity index is 1460. The zero-order chi connectivity index (χ0) is 34.7. The lowest BCUT2D eigenvalue weighted by Gasteiger charge is -2.44. The molecule has 0 radical (unpaired) electrons. The molecule has 3 rings (SSSR count). The van der Waals surface area contributed by atoms with E-state index in [9.17, 15) is 39.4 Å². The van der Waals surface area contributed by atoms with Crippen molar-refractivity contribution in [3.05, 3.63) is 62.7 Å². The summed E-state index contributed by atoms with van der Waals surface area (Å²) in [7, 11) is 0. The minimum atomic E-state index is -1.46. The van der Waals surface area contributed by atoms with Crippen molar-refractivity contribution in [2.45, 2.75) is 84.1 Å². The predicted molar refractivity (Wildman–Crippen MR) is 161 cm³/mol. The van der Waals surface area contributed by atoms with E-state index in [4.69, 9.17) is 28.4 Å². The summed E-state index contributed by atoms with van der Waals surface area (Å²) < 4.78 is 34.1. The van der Waals surface area contributed by atoms with E-state index in [1.807, 2.05) is 0 Å². The summed E-state index contributed by atoms with van der Waals surface area (Å²) in [6, 6.07) is 9.02. The van der Waals surface area contributed by atoms with Crippen LogP contribution in [0.2, 0.25) is 0 Å². The molecule has 2 aromatic carbocycles. The van der Waals surface area contributed by atoms with Crippen LogP contribution in [0.3, 0.4) is 0 Å². The SMILES string of the molecule is CCC(=O)OC[C@H]1O[C@H](Oc2ccc(Nc3ccc([N+](=O)[O-])cc3[N+](=O)[O-])cc2)[C@H](OC(=O)CC)[C@@H](OC(=O)CC)[C@@H]1OC(=O)CC. The summed E-state index contributed by atoms with van der Waals surface area (Å²) in [5.74, 6) is -2.52. The summed E-state index contributed by atoms with van der Waals surface area (Å²) in [4.78, 5) is 70.5. The van der Waals surface area contributed by atoms with Gasteiger partial charge >= 0.3 is 23.9 Å². The maximum absolute atomic E-state index is 12.5. The molecule has 0 aromatic heterocycles. The number of rotatable bonds is 15. The lowest BCUT2D eigenvalue weighted by molar-refractivity contribution is -0.393. The molecular weight excluding hydrogens is 626 g/mol. The highest BCUT2D eigenvalue weighted by atomic mass is 16.7. The van der Waals surface area contributed by atoms with Gasteiger partial charge in [-0.1, -0.05) is 27.7 Å². The molecule has 5 atom stereocenters. The van der Waals surface area contributed by atoms with Crippen LogP contribution in [-0.2, 0) is 42.9 Å². The van der Waals surface area contributed by atoms with Crippen LogP contribution in [-0.4, -0.2) is 71.0 Å². The largest absolute Gasteiger partial charge is 0.463 e. The Labute approximate surface area is 268 Å². The maximum Gasteiger partial charge on any atom is 0.306 e. The number of anilines is 2. The van der Waals surface area contributed by atoms with Crippen molar-refractivity contribution in [2.24, 2.45) is 0 Å². The molecule has 0 unspecified atom stereocenters. The number of nitro benzene ring substituents is 2. The molecule has 1 aliphatic heterocycles. The van der Waals surface area contributed by atoms with Gasteiger partial charge in [-0.15, -0.1) is 0 Å². The zero-order valence-electron chi connectivity index (χ0n) is 26.1. The lowest BCUT2D eigenvalue weighted by atomic mass is 9.98. The van der Waals surface area contributed by atoms with Crippen LogP contribution < -0.4 is 10.1 Å². The number of esters is 4. The van der Waals surface area contributed by atoms with Gasteiger partial charge in [0.2, 0.25) is 12.4 Å². The van der Waals surface area contributed by atoms with E-state index in [0.717, 1.165) is 12.1 Å². The molecule has 0 spiro atoms. The number of carbonyl (C=O) groups excluding carboxylic acids is 4. The average molecular weight is 662 g/mol. The number of benzene rings is 2. The molecule has 0 aliphatic carbocycles. The average Bonchev–Trinajstić information content (AvgIpc) is 3.06. The normalized spacial score (nSPS) is 20.3. The Kier molecular flexibility index (Phi) is 12.9. The van der Waals surface area contributed by atoms with E-state index in [1.165, 1.54) is 44.2 Å². The Hall–Kier alpha value is -5.32. The van der Waals surface area contributed by atoms with Gasteiger partial charge in [0.25, 0.3) is 11.4 Å². The number of hydrogen-bond donors (Lipinski definition) is 1. The second kappa shape index (κ2) is 16.8. The van der Waals surface area contributed by atoms with Crippen LogP contribution in [0.1, 0.15) is 53.4 Å². The van der Waals surface area contributed by atoms with Gasteiger partial charge in [0.05, 0.1) is 15.9 Å². The van der Waals surface area contributed by atoms with Gasteiger partial charge in [-0.2, -0.15) is 0 Å². The quantitative estimate of drug-likeness (QED) is 0.122. The van der Waals surface area contributed by atoms with Crippen LogP contribution in [0.4, 0.5) is 22.7 Å². The molecule has 1 saturated heterocycles. The third-order valence-corrected chi connectivity index (χ3v) is 6.73. The molecule has 0 amide bonds. The first kappa shape index (κ1) is 36.2. The summed E-state index contributed by atoms with van der Waals surface area (Å²) in [5, 5.41) is 25.4. The minimum absolute atomic E-state index is 0.00542. The molecule has 1 fully saturated rings. The molecule has 1 aliphatic rings. The van der Waals surface area contributed by atoms with Crippen molar-refractivity contribution in [1.82, 2.24) is 0 Å². The second-order valence-corrected chi connectivity index (χ2v) is 9.99. The third-order valence-electron chi connectivity index (χ3n) is 6.73. The number of carbonyl (C=O) groups is 4. The van der Waals surface area contributed by atoms with E-state index >= 15 is 0 Å². The van der Waals surface area contributed by atoms with E-state index in [1.54, 1.807) is 13.8 Å². The van der Waals surface area contributed by atoms with E-state index in [0.29, 0.717) is 5.69 Å². The fraction of sp³-hybridized carbons (Fsp3) is 0.467. The van der Waals surface area contributed by atoms with Gasteiger partial charge in [0.15, 0.2) is 12.2 Å². The predicted octanol–water partition coefficient (Wildman–Crippen LogP) is 4.27. The standard InChI is InChI=1S/C30H35N3O14/c1-5-23(34)42-16-22-27(45-24(35)6-2)28(46-25(36)7-3)29(47-26(37)8-4)30(44-22)43-19-12-9-17(10-13-19)31-20-14-11-18(32(38)39)15-21(20)33(40)41/h9-15,22,27-31H,5-8,16H2,1-4H3/t22-,27-,28+,29-,30+/m1/s1. The van der Waals surface area contributed by atoms with Gasteiger partial charge in [0, 0.05) is 37.4 Å². The molecule has 17 heteroatoms. The molecule has 2 aromatic rings. The van der Waals surface area contributed by atoms with Crippen molar-refractivity contribution in [3.8, 4) is 5.75 Å². The molecule has 254 valence electrons. The fourth-order valence-corrected chi connectivity index (χ4v) is 4.29. The van der Waals surface area contributed by atoms with Crippen molar-refractivity contribution in [2.75, 3.05) is 11.9 Å². The van der Waals surface area contributed by atoms with E-state index < -0.39 is 82.4 Å². The highest BCUT2D eigenvalue weighted by molar-refractivity contribution is 5.73. The van der Waals surface area contributed by atoms with Crippen LogP contribution >= 0.6 is 0 Å². The van der Waals surface area contributed by atoms with Crippen LogP contribution in [0.15, 0.2) is 42.5 Å². The van der Waals surface area contributed by atoms with Crippen molar-refractivity contribution >= 4 is 46.6 Å². The number of hydrogen-bond acceptors (Lipinski definition) is 15. The molecule has 47 heavy (non-hydrogen) atoms. The number of ether oxygens (including phenoxy) is 6. The maximum atomic E-state index is 12.5. The van der Waals surface area contributed by atoms with Crippen molar-refractivity contribution in [3.63, 3.8) is 0 Å². The monoisotopic (exact) mass is 661 g/mol. The van der Waals surface area contributed by atoms with Crippen LogP contribution in [0, 0.1) is 20.2 Å². The summed E-state index contributed by atoms with van der Waals surface area (Å²) in [5.41, 5.74) is -0.627. The van der Waals surface area contributed by atoms with E-state index in [-0.39, 0.29) is 37.1 Å². The first-order valence-corrected chi connectivity index (χ1v) is 14.8. The molecule has 0 saturated carbocycles. The van der Waals surface area contributed by atoms with Crippen molar-refractivity contribution in [1.29, 1.82) is 0 Å². The highest BCUT2D eigenvalue weighted by Gasteiger charge is 2.53. The molecule has 1 N–H and O–H groups in total. The molecular formula is C30H35N3O14. The van der Waals surface area contributed by atoms with Crippen molar-refractivity contribution < 1.29 is 57.4 Å². The smallest absolute Gasteiger partial charge is 0.306 e. The number of non-ortho nitro benzene ring substituents is 1. The number of nitro groups is 2. The van der Waals surface area contributed by atoms with Gasteiger partial charge in [0.1, 0.15) is 24.1 Å². The second-order valence-electron chi connectivity index (χ2n) is 9.99. The van der Waals surface area contributed by atoms with Gasteiger partial charge < -0.3 is 33.7 Å². The lowest BCUT2D eigenvalue weighted by Crippen LogP contribution is -2.63. The third kappa shape index (κ3) is 9.83. The summed E-state index contributed by atoms with van der Waals surface area (Å²) in [6.45, 7) is 5.79. The molecule has 0 bridgehead atoms. The first-order chi connectivity index (χ1) is 22.4. The zero-order valence-corrected chi connectivity index (χ0v) is 26.1. The fourth-order valence-electron chi connectivity index (χ4n) is 4.29. The van der Waals surface area contributed by atoms with Gasteiger partial charge in [-0.05, 0) is 30.3 Å². The highest BCUT2D eigenvalue weighted by Crippen LogP contribution is 2.34. The van der Waals surface area contributed by atoms with Crippen LogP contribution in [0.5, 0.6) is 5.75 Å². The van der Waals surface area contributed by atoms with Gasteiger partial charge in [-0.25, -0.2) is 0 Å². The summed E-state index contributed by atoms with van der Waals surface area (Å²) >= 11 is 0. The minimum Gasteiger partial charge on any atom is -0.463 e. The first-order valence-electron chi connectivity index (χ1n) is 14.8. The number of nitrogens with one attached hydrogen (secondary N) is 1. The Balaban J connectivity index is 1.95.